The van der Waals surface area contributed by atoms with E-state index in [1.54, 1.807) is 38.1 Å². The molecule has 6 heteroatoms. The minimum absolute atomic E-state index is 0.0634. The standard InChI is InChI=1S/C15H14ClNO4/c1-9-6-15(10(2)5-14(9)17(19)20)21-12-4-3-11(8-18)13(16)7-12/h3-7,18H,8H2,1-2H3. The minimum Gasteiger partial charge on any atom is -0.457 e. The molecule has 0 bridgehead atoms. The first-order valence-corrected chi connectivity index (χ1v) is 6.63. The Kier molecular flexibility index (Phi) is 4.45. The predicted octanol–water partition coefficient (Wildman–Crippen LogP) is 4.15. The zero-order valence-electron chi connectivity index (χ0n) is 11.6. The van der Waals surface area contributed by atoms with E-state index in [9.17, 15) is 10.1 Å². The van der Waals surface area contributed by atoms with Gasteiger partial charge in [-0.25, -0.2) is 0 Å². The number of benzene rings is 2. The van der Waals surface area contributed by atoms with E-state index in [0.29, 0.717) is 33.2 Å². The molecule has 0 aliphatic heterocycles. The fourth-order valence-electron chi connectivity index (χ4n) is 1.93. The molecule has 0 heterocycles. The number of aliphatic hydroxyl groups excluding tert-OH is 1. The molecule has 2 aromatic carbocycles. The Morgan fingerprint density at radius 1 is 1.24 bits per heavy atom. The summed E-state index contributed by atoms with van der Waals surface area (Å²) >= 11 is 6.00. The first-order valence-electron chi connectivity index (χ1n) is 6.25. The number of nitro benzene ring substituents is 1. The van der Waals surface area contributed by atoms with Gasteiger partial charge in [-0.15, -0.1) is 0 Å². The van der Waals surface area contributed by atoms with Crippen LogP contribution in [0.2, 0.25) is 5.02 Å². The molecule has 0 aromatic heterocycles. The van der Waals surface area contributed by atoms with Crippen LogP contribution in [0.25, 0.3) is 0 Å². The van der Waals surface area contributed by atoms with E-state index in [2.05, 4.69) is 0 Å². The Morgan fingerprint density at radius 3 is 2.52 bits per heavy atom. The number of aliphatic hydroxyl groups is 1. The third-order valence-corrected chi connectivity index (χ3v) is 3.46. The van der Waals surface area contributed by atoms with E-state index in [0.717, 1.165) is 0 Å². The fraction of sp³-hybridized carbons (Fsp3) is 0.200. The molecule has 0 aliphatic carbocycles. The molecule has 0 amide bonds. The number of nitro groups is 1. The van der Waals surface area contributed by atoms with E-state index >= 15 is 0 Å². The van der Waals surface area contributed by atoms with Crippen molar-refractivity contribution in [2.45, 2.75) is 20.5 Å². The first-order chi connectivity index (χ1) is 9.92. The molecule has 0 atom stereocenters. The molecule has 0 saturated carbocycles. The number of halogens is 1. The van der Waals surface area contributed by atoms with Gasteiger partial charge >= 0.3 is 0 Å². The summed E-state index contributed by atoms with van der Waals surface area (Å²) in [6.07, 6.45) is 0. The van der Waals surface area contributed by atoms with Crippen LogP contribution >= 0.6 is 11.6 Å². The number of aryl methyl sites for hydroxylation is 2. The zero-order chi connectivity index (χ0) is 15.6. The van der Waals surface area contributed by atoms with Gasteiger partial charge in [0.2, 0.25) is 0 Å². The lowest BCUT2D eigenvalue weighted by Crippen LogP contribution is -1.95. The van der Waals surface area contributed by atoms with Crippen LogP contribution in [0.15, 0.2) is 30.3 Å². The maximum Gasteiger partial charge on any atom is 0.272 e. The number of hydrogen-bond acceptors (Lipinski definition) is 4. The average molecular weight is 308 g/mol. The molecule has 110 valence electrons. The molecule has 21 heavy (non-hydrogen) atoms. The van der Waals surface area contributed by atoms with Crippen LogP contribution in [0.3, 0.4) is 0 Å². The van der Waals surface area contributed by atoms with Crippen molar-refractivity contribution in [1.29, 1.82) is 0 Å². The van der Waals surface area contributed by atoms with Crippen molar-refractivity contribution in [1.82, 2.24) is 0 Å². The molecule has 1 N–H and O–H groups in total. The van der Waals surface area contributed by atoms with Gasteiger partial charge in [0.05, 0.1) is 11.5 Å². The molecular weight excluding hydrogens is 294 g/mol. The van der Waals surface area contributed by atoms with Crippen molar-refractivity contribution >= 4 is 17.3 Å². The van der Waals surface area contributed by atoms with Crippen LogP contribution in [0.5, 0.6) is 11.5 Å². The highest BCUT2D eigenvalue weighted by molar-refractivity contribution is 6.31. The lowest BCUT2D eigenvalue weighted by atomic mass is 10.1. The Morgan fingerprint density at radius 2 is 1.95 bits per heavy atom. The van der Waals surface area contributed by atoms with Crippen LogP contribution in [-0.2, 0) is 6.61 Å². The van der Waals surface area contributed by atoms with Gasteiger partial charge in [0.25, 0.3) is 5.69 Å². The van der Waals surface area contributed by atoms with Crippen molar-refractivity contribution in [3.8, 4) is 11.5 Å². The zero-order valence-corrected chi connectivity index (χ0v) is 12.3. The monoisotopic (exact) mass is 307 g/mol. The van der Waals surface area contributed by atoms with Crippen molar-refractivity contribution in [2.75, 3.05) is 0 Å². The number of ether oxygens (including phenoxy) is 1. The highest BCUT2D eigenvalue weighted by Crippen LogP contribution is 2.32. The highest BCUT2D eigenvalue weighted by atomic mass is 35.5. The first kappa shape index (κ1) is 15.3. The van der Waals surface area contributed by atoms with E-state index < -0.39 is 4.92 Å². The Balaban J connectivity index is 2.34. The normalized spacial score (nSPS) is 10.5. The van der Waals surface area contributed by atoms with Crippen molar-refractivity contribution in [2.24, 2.45) is 0 Å². The largest absolute Gasteiger partial charge is 0.457 e. The van der Waals surface area contributed by atoms with Gasteiger partial charge < -0.3 is 9.84 Å². The highest BCUT2D eigenvalue weighted by Gasteiger charge is 2.14. The number of hydrogen-bond donors (Lipinski definition) is 1. The Labute approximate surface area is 126 Å². The van der Waals surface area contributed by atoms with E-state index in [4.69, 9.17) is 21.4 Å². The minimum atomic E-state index is -0.418. The molecule has 2 rings (SSSR count). The summed E-state index contributed by atoms with van der Waals surface area (Å²) in [7, 11) is 0. The molecule has 0 fully saturated rings. The van der Waals surface area contributed by atoms with Gasteiger partial charge in [-0.05, 0) is 43.2 Å². The summed E-state index contributed by atoms with van der Waals surface area (Å²) in [5.74, 6) is 1.04. The van der Waals surface area contributed by atoms with Crippen molar-refractivity contribution in [3.63, 3.8) is 0 Å². The topological polar surface area (TPSA) is 72.6 Å². The second-order valence-corrected chi connectivity index (χ2v) is 5.08. The summed E-state index contributed by atoms with van der Waals surface area (Å²) in [5.41, 5.74) is 1.86. The van der Waals surface area contributed by atoms with E-state index in [-0.39, 0.29) is 12.3 Å². The molecule has 2 aromatic rings. The average Bonchev–Trinajstić information content (AvgIpc) is 2.42. The third-order valence-electron chi connectivity index (χ3n) is 3.11. The van der Waals surface area contributed by atoms with Crippen LogP contribution in [-0.4, -0.2) is 10.0 Å². The molecule has 0 saturated heterocycles. The molecule has 0 radical (unpaired) electrons. The second-order valence-electron chi connectivity index (χ2n) is 4.67. The smallest absolute Gasteiger partial charge is 0.272 e. The summed E-state index contributed by atoms with van der Waals surface area (Å²) in [6.45, 7) is 3.26. The van der Waals surface area contributed by atoms with E-state index in [1.807, 2.05) is 0 Å². The van der Waals surface area contributed by atoms with Crippen LogP contribution in [0, 0.1) is 24.0 Å². The van der Waals surface area contributed by atoms with Crippen LogP contribution in [0.1, 0.15) is 16.7 Å². The summed E-state index contributed by atoms with van der Waals surface area (Å²) in [6, 6.07) is 8.07. The lowest BCUT2D eigenvalue weighted by molar-refractivity contribution is -0.385. The maximum atomic E-state index is 10.9. The van der Waals surface area contributed by atoms with Crippen LogP contribution in [0.4, 0.5) is 5.69 Å². The van der Waals surface area contributed by atoms with Crippen molar-refractivity contribution < 1.29 is 14.8 Å². The maximum absolute atomic E-state index is 10.9. The SMILES string of the molecule is Cc1cc([N+](=O)[O-])c(C)cc1Oc1ccc(CO)c(Cl)c1. The molecular formula is C15H14ClNO4. The molecule has 0 aliphatic rings. The molecule has 0 spiro atoms. The van der Waals surface area contributed by atoms with E-state index in [1.165, 1.54) is 6.07 Å². The summed E-state index contributed by atoms with van der Waals surface area (Å²) in [4.78, 5) is 10.5. The predicted molar refractivity (Wildman–Crippen MR) is 80.0 cm³/mol. The summed E-state index contributed by atoms with van der Waals surface area (Å²) in [5, 5.41) is 20.4. The van der Waals surface area contributed by atoms with Gasteiger partial charge in [0.15, 0.2) is 0 Å². The molecule has 5 nitrogen and oxygen atoms in total. The Bertz CT molecular complexity index is 700. The van der Waals surface area contributed by atoms with Crippen molar-refractivity contribution in [3.05, 3.63) is 62.2 Å². The fourth-order valence-corrected chi connectivity index (χ4v) is 2.16. The number of rotatable bonds is 4. The quantitative estimate of drug-likeness (QED) is 0.680. The third kappa shape index (κ3) is 3.32. The van der Waals surface area contributed by atoms with Gasteiger partial charge in [0, 0.05) is 16.7 Å². The van der Waals surface area contributed by atoms with Gasteiger partial charge in [0.1, 0.15) is 11.5 Å². The second kappa shape index (κ2) is 6.11. The molecule has 0 unspecified atom stereocenters. The van der Waals surface area contributed by atoms with Crippen LogP contribution < -0.4 is 4.74 Å². The number of nitrogens with zero attached hydrogens (tertiary/aromatic N) is 1. The Hall–Kier alpha value is -2.11. The van der Waals surface area contributed by atoms with Gasteiger partial charge in [-0.2, -0.15) is 0 Å². The summed E-state index contributed by atoms with van der Waals surface area (Å²) < 4.78 is 5.72. The van der Waals surface area contributed by atoms with Gasteiger partial charge in [-0.1, -0.05) is 17.7 Å². The lowest BCUT2D eigenvalue weighted by Gasteiger charge is -2.11. The van der Waals surface area contributed by atoms with Gasteiger partial charge in [-0.3, -0.25) is 10.1 Å².